The van der Waals surface area contributed by atoms with Crippen LogP contribution in [0, 0.1) is 0 Å². The van der Waals surface area contributed by atoms with Gasteiger partial charge in [0.15, 0.2) is 17.4 Å². The van der Waals surface area contributed by atoms with Crippen molar-refractivity contribution < 1.29 is 9.59 Å². The molecule has 0 rings (SSSR count). The van der Waals surface area contributed by atoms with Gasteiger partial charge in [-0.3, -0.25) is 4.79 Å². The summed E-state index contributed by atoms with van der Waals surface area (Å²) in [5.74, 6) is 0.824. The molecule has 2 N–H and O–H groups in total. The molecular formula is C4H5NO2. The highest BCUT2D eigenvalue weighted by molar-refractivity contribution is 5.99. The second kappa shape index (κ2) is 2.16. The number of allylic oxidation sites excluding steroid dienone is 1. The predicted molar refractivity (Wildman–Crippen MR) is 24.1 cm³/mol. The van der Waals surface area contributed by atoms with Gasteiger partial charge in [-0.2, -0.15) is 0 Å². The molecule has 0 amide bonds. The van der Waals surface area contributed by atoms with Gasteiger partial charge in [-0.25, -0.2) is 4.79 Å². The summed E-state index contributed by atoms with van der Waals surface area (Å²) in [6, 6.07) is 0. The Morgan fingerprint density at radius 3 is 2.14 bits per heavy atom. The van der Waals surface area contributed by atoms with E-state index in [4.69, 9.17) is 5.73 Å². The minimum atomic E-state index is -0.435. The molecule has 0 aliphatic carbocycles. The van der Waals surface area contributed by atoms with Crippen molar-refractivity contribution in [2.45, 2.75) is 6.92 Å². The molecule has 0 heterocycles. The van der Waals surface area contributed by atoms with Crippen LogP contribution in [-0.2, 0) is 9.59 Å². The average Bonchev–Trinajstić information content (AvgIpc) is 1.65. The summed E-state index contributed by atoms with van der Waals surface area (Å²) in [6.45, 7) is 1.21. The topological polar surface area (TPSA) is 60.2 Å². The van der Waals surface area contributed by atoms with Crippen molar-refractivity contribution in [3.63, 3.8) is 0 Å². The Hall–Kier alpha value is -1.08. The summed E-state index contributed by atoms with van der Waals surface area (Å²) in [5, 5.41) is 0. The third-order valence-electron chi connectivity index (χ3n) is 0.489. The van der Waals surface area contributed by atoms with Crippen LogP contribution in [-0.4, -0.2) is 11.7 Å². The fourth-order valence-electron chi connectivity index (χ4n) is 0.0719. The van der Waals surface area contributed by atoms with E-state index in [0.29, 0.717) is 0 Å². The monoisotopic (exact) mass is 99.0 g/mol. The lowest BCUT2D eigenvalue weighted by Crippen LogP contribution is -2.06. The highest BCUT2D eigenvalue weighted by atomic mass is 16.1. The Morgan fingerprint density at radius 2 is 2.14 bits per heavy atom. The molecule has 0 aromatic rings. The van der Waals surface area contributed by atoms with Gasteiger partial charge < -0.3 is 5.73 Å². The maximum atomic E-state index is 9.95. The van der Waals surface area contributed by atoms with Crippen LogP contribution < -0.4 is 5.73 Å². The molecule has 38 valence electrons. The third-order valence-corrected chi connectivity index (χ3v) is 0.489. The molecule has 0 aromatic carbocycles. The predicted octanol–water partition coefficient (Wildman–Crippen LogP) is -0.750. The second-order valence-electron chi connectivity index (χ2n) is 1.07. The first-order valence-electron chi connectivity index (χ1n) is 1.70. The molecular weight excluding hydrogens is 94.0 g/mol. The number of carbonyl (C=O) groups excluding carboxylic acids is 2. The molecule has 0 bridgehead atoms. The van der Waals surface area contributed by atoms with Gasteiger partial charge >= 0.3 is 0 Å². The van der Waals surface area contributed by atoms with E-state index < -0.39 is 5.78 Å². The van der Waals surface area contributed by atoms with Crippen molar-refractivity contribution in [1.29, 1.82) is 0 Å². The number of hydrogen-bond donors (Lipinski definition) is 1. The smallest absolute Gasteiger partial charge is 0.186 e. The first-order chi connectivity index (χ1) is 3.18. The van der Waals surface area contributed by atoms with E-state index in [1.165, 1.54) is 12.9 Å². The molecule has 0 saturated carbocycles. The van der Waals surface area contributed by atoms with Crippen LogP contribution in [0.5, 0.6) is 0 Å². The average molecular weight is 99.1 g/mol. The second-order valence-corrected chi connectivity index (χ2v) is 1.07. The lowest BCUT2D eigenvalue weighted by atomic mass is 10.4. The minimum absolute atomic E-state index is 0.347. The van der Waals surface area contributed by atoms with Crippen LogP contribution in [0.25, 0.3) is 0 Å². The number of nitrogens with two attached hydrogens (primary N) is 1. The summed E-state index contributed by atoms with van der Waals surface area (Å²) >= 11 is 0. The molecule has 3 nitrogen and oxygen atoms in total. The van der Waals surface area contributed by atoms with E-state index in [0.717, 1.165) is 0 Å². The summed E-state index contributed by atoms with van der Waals surface area (Å²) in [7, 11) is 0. The largest absolute Gasteiger partial charge is 0.387 e. The van der Waals surface area contributed by atoms with Gasteiger partial charge in [0.1, 0.15) is 0 Å². The molecule has 0 saturated heterocycles. The van der Waals surface area contributed by atoms with Crippen molar-refractivity contribution in [3.8, 4) is 0 Å². The fraction of sp³-hybridized carbons (Fsp3) is 0.250. The molecule has 0 radical (unpaired) electrons. The van der Waals surface area contributed by atoms with Gasteiger partial charge in [0.25, 0.3) is 0 Å². The summed E-state index contributed by atoms with van der Waals surface area (Å²) in [6.07, 6.45) is 0. The molecule has 0 atom stereocenters. The number of ketones is 1. The van der Waals surface area contributed by atoms with Gasteiger partial charge in [0, 0.05) is 6.92 Å². The van der Waals surface area contributed by atoms with Crippen LogP contribution in [0.15, 0.2) is 5.70 Å². The van der Waals surface area contributed by atoms with E-state index in [2.05, 4.69) is 0 Å². The number of rotatable bonds is 1. The molecule has 0 aliphatic heterocycles. The van der Waals surface area contributed by atoms with E-state index in [1.54, 1.807) is 0 Å². The lowest BCUT2D eigenvalue weighted by Gasteiger charge is -1.79. The first-order valence-corrected chi connectivity index (χ1v) is 1.70. The number of carbonyl (C=O) groups is 1. The van der Waals surface area contributed by atoms with Gasteiger partial charge in [-0.1, -0.05) is 0 Å². The van der Waals surface area contributed by atoms with Crippen LogP contribution in [0.3, 0.4) is 0 Å². The van der Waals surface area contributed by atoms with Crippen molar-refractivity contribution in [2.24, 2.45) is 5.73 Å². The Bertz CT molecular complexity index is 133. The van der Waals surface area contributed by atoms with Gasteiger partial charge in [-0.15, -0.1) is 0 Å². The maximum absolute atomic E-state index is 9.95. The molecule has 0 aliphatic rings. The number of Topliss-reactive ketones (excluding diaryl/α,β-unsaturated/α-hetero) is 1. The van der Waals surface area contributed by atoms with Crippen LogP contribution in [0.1, 0.15) is 6.92 Å². The Kier molecular flexibility index (Phi) is 1.82. The maximum Gasteiger partial charge on any atom is 0.186 e. The van der Waals surface area contributed by atoms with E-state index in [1.807, 2.05) is 0 Å². The molecule has 0 spiro atoms. The van der Waals surface area contributed by atoms with Gasteiger partial charge in [0.2, 0.25) is 0 Å². The van der Waals surface area contributed by atoms with Crippen molar-refractivity contribution >= 4 is 11.7 Å². The molecule has 0 fully saturated rings. The lowest BCUT2D eigenvalue weighted by molar-refractivity contribution is -0.113. The Balaban J connectivity index is 4.10. The van der Waals surface area contributed by atoms with Crippen molar-refractivity contribution in [2.75, 3.05) is 0 Å². The highest BCUT2D eigenvalue weighted by Gasteiger charge is 1.93. The zero-order valence-electron chi connectivity index (χ0n) is 3.89. The Labute approximate surface area is 40.8 Å². The minimum Gasteiger partial charge on any atom is -0.387 e. The summed E-state index contributed by atoms with van der Waals surface area (Å²) < 4.78 is 0. The zero-order valence-corrected chi connectivity index (χ0v) is 3.89. The summed E-state index contributed by atoms with van der Waals surface area (Å²) in [4.78, 5) is 19.4. The highest BCUT2D eigenvalue weighted by Crippen LogP contribution is 1.72. The molecule has 0 aromatic heterocycles. The van der Waals surface area contributed by atoms with Gasteiger partial charge in [0.05, 0.1) is 0 Å². The third kappa shape index (κ3) is 1.73. The zero-order chi connectivity index (χ0) is 5.86. The van der Waals surface area contributed by atoms with Gasteiger partial charge in [-0.05, 0) is 0 Å². The quantitative estimate of drug-likeness (QED) is 0.347. The fourth-order valence-corrected chi connectivity index (χ4v) is 0.0719. The van der Waals surface area contributed by atoms with Crippen LogP contribution >= 0.6 is 0 Å². The Morgan fingerprint density at radius 1 is 1.71 bits per heavy atom. The van der Waals surface area contributed by atoms with Crippen LogP contribution in [0.2, 0.25) is 0 Å². The van der Waals surface area contributed by atoms with E-state index >= 15 is 0 Å². The molecule has 7 heavy (non-hydrogen) atoms. The normalized spacial score (nSPS) is 7.00. The van der Waals surface area contributed by atoms with E-state index in [-0.39, 0.29) is 5.70 Å². The first kappa shape index (κ1) is 5.92. The van der Waals surface area contributed by atoms with Crippen LogP contribution in [0.4, 0.5) is 0 Å². The molecule has 0 unspecified atom stereocenters. The van der Waals surface area contributed by atoms with E-state index in [9.17, 15) is 9.59 Å². The molecule has 3 heteroatoms. The summed E-state index contributed by atoms with van der Waals surface area (Å²) in [5.41, 5.74) is 4.41. The van der Waals surface area contributed by atoms with Crippen molar-refractivity contribution in [1.82, 2.24) is 0 Å². The van der Waals surface area contributed by atoms with Crippen molar-refractivity contribution in [3.05, 3.63) is 5.70 Å². The SMILES string of the molecule is CC(=O)C(N)=C=O. The number of hydrogen-bond acceptors (Lipinski definition) is 3. The standard InChI is InChI=1S/C4H5NO2/c1-3(7)4(5)2-6/h5H2,1H3.